The van der Waals surface area contributed by atoms with Crippen LogP contribution in [0.15, 0.2) is 42.5 Å². The van der Waals surface area contributed by atoms with Gasteiger partial charge in [0.25, 0.3) is 0 Å². The highest BCUT2D eigenvalue weighted by Crippen LogP contribution is 2.36. The van der Waals surface area contributed by atoms with Crippen molar-refractivity contribution in [2.24, 2.45) is 5.73 Å². The number of carbonyl (C=O) groups excluding carboxylic acids is 1. The number of benzene rings is 2. The van der Waals surface area contributed by atoms with E-state index in [1.54, 1.807) is 0 Å². The lowest BCUT2D eigenvalue weighted by atomic mass is 9.96. The number of ether oxygens (including phenoxy) is 1. The molecule has 0 amide bonds. The third-order valence-electron chi connectivity index (χ3n) is 5.11. The Balaban J connectivity index is 1.60. The number of aryl methyl sites for hydroxylation is 1. The van der Waals surface area contributed by atoms with E-state index in [1.165, 1.54) is 11.1 Å². The largest absolute Gasteiger partial charge is 0.454 e. The number of anilines is 1. The maximum Gasteiger partial charge on any atom is 0.339 e. The van der Waals surface area contributed by atoms with E-state index in [0.29, 0.717) is 5.56 Å². The first-order chi connectivity index (χ1) is 11.6. The normalized spacial score (nSPS) is 22.6. The van der Waals surface area contributed by atoms with Crippen molar-refractivity contribution < 1.29 is 9.53 Å². The third-order valence-corrected chi connectivity index (χ3v) is 5.11. The fraction of sp³-hybridized carbons (Fsp3) is 0.350. The molecule has 0 radical (unpaired) electrons. The van der Waals surface area contributed by atoms with E-state index in [1.807, 2.05) is 24.3 Å². The number of carbonyl (C=O) groups is 1. The molecule has 0 bridgehead atoms. The van der Waals surface area contributed by atoms with Crippen LogP contribution in [0.3, 0.4) is 0 Å². The molecular formula is C20H22N2O2. The molecule has 2 aliphatic rings. The molecule has 2 atom stereocenters. The molecule has 2 heterocycles. The second kappa shape index (κ2) is 5.95. The van der Waals surface area contributed by atoms with Gasteiger partial charge in [0.2, 0.25) is 0 Å². The Morgan fingerprint density at radius 2 is 2.08 bits per heavy atom. The molecule has 124 valence electrons. The lowest BCUT2D eigenvalue weighted by molar-refractivity contribution is 0.0387. The minimum absolute atomic E-state index is 0.191. The summed E-state index contributed by atoms with van der Waals surface area (Å²) in [6.45, 7) is 3.88. The second-order valence-electron chi connectivity index (χ2n) is 6.79. The summed E-state index contributed by atoms with van der Waals surface area (Å²) in [5.41, 5.74) is 11.2. The van der Waals surface area contributed by atoms with Crippen LogP contribution >= 0.6 is 0 Å². The number of nitrogens with zero attached hydrogens (tertiary/aromatic N) is 1. The number of fused-ring (bicyclic) bond motifs is 1. The maximum atomic E-state index is 12.3. The van der Waals surface area contributed by atoms with E-state index >= 15 is 0 Å². The molecular weight excluding hydrogens is 300 g/mol. The van der Waals surface area contributed by atoms with Gasteiger partial charge in [-0.25, -0.2) is 4.79 Å². The summed E-state index contributed by atoms with van der Waals surface area (Å²) in [7, 11) is 0. The average Bonchev–Trinajstić information content (AvgIpc) is 3.14. The zero-order valence-corrected chi connectivity index (χ0v) is 13.9. The fourth-order valence-electron chi connectivity index (χ4n) is 3.67. The Morgan fingerprint density at radius 1 is 1.25 bits per heavy atom. The molecule has 2 N–H and O–H groups in total. The maximum absolute atomic E-state index is 12.3. The van der Waals surface area contributed by atoms with E-state index in [2.05, 4.69) is 30.0 Å². The smallest absolute Gasteiger partial charge is 0.339 e. The highest BCUT2D eigenvalue weighted by Gasteiger charge is 2.32. The second-order valence-corrected chi connectivity index (χ2v) is 6.79. The first-order valence-corrected chi connectivity index (χ1v) is 8.52. The molecule has 2 aromatic rings. The number of hydrogen-bond donors (Lipinski definition) is 1. The van der Waals surface area contributed by atoms with Crippen LogP contribution in [-0.4, -0.2) is 25.1 Å². The molecule has 0 saturated carbocycles. The van der Waals surface area contributed by atoms with Crippen LogP contribution in [0, 0.1) is 6.92 Å². The van der Waals surface area contributed by atoms with E-state index in [9.17, 15) is 4.79 Å². The number of nitrogens with two attached hydrogens (primary N) is 1. The Hall–Kier alpha value is -2.33. The summed E-state index contributed by atoms with van der Waals surface area (Å²) in [6.07, 6.45) is 1.53. The Kier molecular flexibility index (Phi) is 3.77. The van der Waals surface area contributed by atoms with Gasteiger partial charge in [-0.05, 0) is 36.6 Å². The highest BCUT2D eigenvalue weighted by molar-refractivity contribution is 5.95. The molecule has 0 aliphatic carbocycles. The molecule has 2 aromatic carbocycles. The van der Waals surface area contributed by atoms with Gasteiger partial charge in [0.05, 0.1) is 5.56 Å². The molecule has 4 heteroatoms. The Bertz CT molecular complexity index is 787. The van der Waals surface area contributed by atoms with E-state index < -0.39 is 0 Å². The summed E-state index contributed by atoms with van der Waals surface area (Å²) in [5.74, 6) is -0.214. The summed E-state index contributed by atoms with van der Waals surface area (Å²) in [5, 5.41) is 0. The van der Waals surface area contributed by atoms with Gasteiger partial charge >= 0.3 is 5.97 Å². The van der Waals surface area contributed by atoms with Gasteiger partial charge in [-0.15, -0.1) is 0 Å². The quantitative estimate of drug-likeness (QED) is 0.883. The van der Waals surface area contributed by atoms with Crippen LogP contribution in [0.5, 0.6) is 0 Å². The SMILES string of the molecule is Cc1ccccc1CC1OC(=O)c2cc(N3CC[C@@H](N)C3)ccc21. The summed E-state index contributed by atoms with van der Waals surface area (Å²) in [6, 6.07) is 14.6. The van der Waals surface area contributed by atoms with Crippen LogP contribution in [-0.2, 0) is 11.2 Å². The van der Waals surface area contributed by atoms with Crippen LogP contribution < -0.4 is 10.6 Å². The molecule has 4 nitrogen and oxygen atoms in total. The van der Waals surface area contributed by atoms with Gasteiger partial charge in [-0.1, -0.05) is 30.3 Å². The highest BCUT2D eigenvalue weighted by atomic mass is 16.5. The van der Waals surface area contributed by atoms with Crippen molar-refractivity contribution in [1.29, 1.82) is 0 Å². The molecule has 4 rings (SSSR count). The minimum Gasteiger partial charge on any atom is -0.454 e. The molecule has 1 fully saturated rings. The van der Waals surface area contributed by atoms with Crippen LogP contribution in [0.25, 0.3) is 0 Å². The zero-order valence-electron chi connectivity index (χ0n) is 13.9. The van der Waals surface area contributed by atoms with Crippen molar-refractivity contribution in [2.45, 2.75) is 31.9 Å². The van der Waals surface area contributed by atoms with Gasteiger partial charge in [0, 0.05) is 36.8 Å². The monoisotopic (exact) mass is 322 g/mol. The fourth-order valence-corrected chi connectivity index (χ4v) is 3.67. The van der Waals surface area contributed by atoms with Gasteiger partial charge in [-0.2, -0.15) is 0 Å². The number of hydrogen-bond acceptors (Lipinski definition) is 4. The van der Waals surface area contributed by atoms with Crippen molar-refractivity contribution in [1.82, 2.24) is 0 Å². The van der Waals surface area contributed by atoms with Crippen molar-refractivity contribution >= 4 is 11.7 Å². The van der Waals surface area contributed by atoms with Crippen LogP contribution in [0.4, 0.5) is 5.69 Å². The van der Waals surface area contributed by atoms with Crippen molar-refractivity contribution in [3.63, 3.8) is 0 Å². The van der Waals surface area contributed by atoms with Gasteiger partial charge in [-0.3, -0.25) is 0 Å². The topological polar surface area (TPSA) is 55.6 Å². The van der Waals surface area contributed by atoms with Crippen LogP contribution in [0.2, 0.25) is 0 Å². The molecule has 1 unspecified atom stereocenters. The summed E-state index contributed by atoms with van der Waals surface area (Å²) >= 11 is 0. The summed E-state index contributed by atoms with van der Waals surface area (Å²) < 4.78 is 5.65. The average molecular weight is 322 g/mol. The molecule has 1 saturated heterocycles. The van der Waals surface area contributed by atoms with Crippen molar-refractivity contribution in [3.8, 4) is 0 Å². The molecule has 2 aliphatic heterocycles. The van der Waals surface area contributed by atoms with Gasteiger partial charge < -0.3 is 15.4 Å². The molecule has 24 heavy (non-hydrogen) atoms. The first kappa shape index (κ1) is 15.2. The number of cyclic esters (lactones) is 1. The van der Waals surface area contributed by atoms with E-state index in [-0.39, 0.29) is 18.1 Å². The lowest BCUT2D eigenvalue weighted by Gasteiger charge is -2.19. The minimum atomic E-state index is -0.214. The number of rotatable bonds is 3. The molecule has 0 aromatic heterocycles. The van der Waals surface area contributed by atoms with Gasteiger partial charge in [0.1, 0.15) is 6.10 Å². The van der Waals surface area contributed by atoms with E-state index in [0.717, 1.165) is 37.2 Å². The standard InChI is InChI=1S/C20H22N2O2/c1-13-4-2-3-5-14(13)10-19-17-7-6-16(11-18(17)20(23)24-19)22-9-8-15(21)12-22/h2-7,11,15,19H,8-10,12,21H2,1H3/t15-,19?/m1/s1. The molecule has 0 spiro atoms. The zero-order chi connectivity index (χ0) is 16.7. The number of esters is 1. The van der Waals surface area contributed by atoms with Crippen molar-refractivity contribution in [2.75, 3.05) is 18.0 Å². The Morgan fingerprint density at radius 3 is 2.83 bits per heavy atom. The predicted octanol–water partition coefficient (Wildman–Crippen LogP) is 2.99. The third kappa shape index (κ3) is 2.67. The lowest BCUT2D eigenvalue weighted by Crippen LogP contribution is -2.26. The van der Waals surface area contributed by atoms with Gasteiger partial charge in [0.15, 0.2) is 0 Å². The predicted molar refractivity (Wildman–Crippen MR) is 94.3 cm³/mol. The van der Waals surface area contributed by atoms with Crippen molar-refractivity contribution in [3.05, 3.63) is 64.7 Å². The first-order valence-electron chi connectivity index (χ1n) is 8.52. The summed E-state index contributed by atoms with van der Waals surface area (Å²) in [4.78, 5) is 14.6. The Labute approximate surface area is 142 Å². The van der Waals surface area contributed by atoms with E-state index in [4.69, 9.17) is 10.5 Å². The van der Waals surface area contributed by atoms with Crippen LogP contribution in [0.1, 0.15) is 39.6 Å².